The quantitative estimate of drug-likeness (QED) is 0.583. The zero-order valence-corrected chi connectivity index (χ0v) is 15.9. The highest BCUT2D eigenvalue weighted by Crippen LogP contribution is 2.25. The number of urea groups is 1. The maximum Gasteiger partial charge on any atom is 0.312 e. The molecule has 0 unspecified atom stereocenters. The summed E-state index contributed by atoms with van der Waals surface area (Å²) < 4.78 is 10.1. The number of carbonyl (C=O) groups is 3. The van der Waals surface area contributed by atoms with Gasteiger partial charge in [-0.2, -0.15) is 0 Å². The highest BCUT2D eigenvalue weighted by Gasteiger charge is 2.21. The molecule has 28 heavy (non-hydrogen) atoms. The number of benzene rings is 2. The molecule has 0 saturated heterocycles. The summed E-state index contributed by atoms with van der Waals surface area (Å²) in [4.78, 5) is 35.3. The molecular weight excluding hydrogens is 386 g/mol. The van der Waals surface area contributed by atoms with Crippen LogP contribution in [0.2, 0.25) is 5.02 Å². The van der Waals surface area contributed by atoms with Gasteiger partial charge < -0.3 is 25.8 Å². The number of nitrogens with two attached hydrogens (primary N) is 1. The first kappa shape index (κ1) is 21.0. The first-order valence-corrected chi connectivity index (χ1v) is 8.66. The van der Waals surface area contributed by atoms with Gasteiger partial charge in [-0.1, -0.05) is 35.9 Å². The summed E-state index contributed by atoms with van der Waals surface area (Å²) in [6.07, 6.45) is -0.237. The van der Waals surface area contributed by atoms with Gasteiger partial charge in [0.2, 0.25) is 0 Å². The number of anilines is 1. The van der Waals surface area contributed by atoms with Crippen LogP contribution in [0, 0.1) is 0 Å². The molecule has 0 aliphatic rings. The van der Waals surface area contributed by atoms with Crippen molar-refractivity contribution in [3.63, 3.8) is 0 Å². The predicted molar refractivity (Wildman–Crippen MR) is 104 cm³/mol. The van der Waals surface area contributed by atoms with E-state index in [4.69, 9.17) is 26.8 Å². The molecule has 2 aromatic rings. The fourth-order valence-corrected chi connectivity index (χ4v) is 2.71. The monoisotopic (exact) mass is 405 g/mol. The van der Waals surface area contributed by atoms with Crippen molar-refractivity contribution in [3.8, 4) is 5.75 Å². The Morgan fingerprint density at radius 1 is 1.14 bits per heavy atom. The van der Waals surface area contributed by atoms with Gasteiger partial charge in [0.15, 0.2) is 6.61 Å². The van der Waals surface area contributed by atoms with E-state index in [-0.39, 0.29) is 6.42 Å². The largest absolute Gasteiger partial charge is 0.497 e. The average Bonchev–Trinajstić information content (AvgIpc) is 2.66. The number of carbonyl (C=O) groups excluding carboxylic acids is 3. The molecule has 3 amide bonds. The van der Waals surface area contributed by atoms with Crippen LogP contribution >= 0.6 is 11.6 Å². The summed E-state index contributed by atoms with van der Waals surface area (Å²) in [5, 5.41) is 5.40. The molecular formula is C19H20ClN3O5. The van der Waals surface area contributed by atoms with Gasteiger partial charge in [-0.25, -0.2) is 4.79 Å². The summed E-state index contributed by atoms with van der Waals surface area (Å²) >= 11 is 6.11. The minimum atomic E-state index is -0.812. The maximum atomic E-state index is 12.1. The number of esters is 1. The normalized spacial score (nSPS) is 11.2. The van der Waals surface area contributed by atoms with Crippen LogP contribution < -0.4 is 21.1 Å². The molecule has 0 bridgehead atoms. The lowest BCUT2D eigenvalue weighted by Gasteiger charge is -2.18. The Kier molecular flexibility index (Phi) is 7.65. The van der Waals surface area contributed by atoms with Gasteiger partial charge in [-0.3, -0.25) is 9.59 Å². The minimum absolute atomic E-state index is 0.237. The van der Waals surface area contributed by atoms with Crippen molar-refractivity contribution >= 4 is 35.2 Å². The molecule has 148 valence electrons. The topological polar surface area (TPSA) is 120 Å². The fourth-order valence-electron chi connectivity index (χ4n) is 2.44. The lowest BCUT2D eigenvalue weighted by Crippen LogP contribution is -2.35. The number of ether oxygens (including phenoxy) is 2. The van der Waals surface area contributed by atoms with E-state index < -0.39 is 30.6 Å². The van der Waals surface area contributed by atoms with Crippen LogP contribution in [0.3, 0.4) is 0 Å². The average molecular weight is 406 g/mol. The second kappa shape index (κ2) is 10.2. The number of hydrogen-bond donors (Lipinski definition) is 3. The van der Waals surface area contributed by atoms with Gasteiger partial charge >= 0.3 is 12.0 Å². The maximum absolute atomic E-state index is 12.1. The third kappa shape index (κ3) is 6.48. The molecule has 2 aromatic carbocycles. The summed E-state index contributed by atoms with van der Waals surface area (Å²) in [7, 11) is 1.51. The van der Waals surface area contributed by atoms with E-state index in [9.17, 15) is 14.4 Å². The third-order valence-corrected chi connectivity index (χ3v) is 4.03. The molecule has 0 aromatic heterocycles. The van der Waals surface area contributed by atoms with Gasteiger partial charge in [0.05, 0.1) is 19.6 Å². The van der Waals surface area contributed by atoms with E-state index in [1.165, 1.54) is 7.11 Å². The number of hydrogen-bond acceptors (Lipinski definition) is 5. The molecule has 0 radical (unpaired) electrons. The molecule has 2 rings (SSSR count). The van der Waals surface area contributed by atoms with Crippen molar-refractivity contribution in [2.24, 2.45) is 5.73 Å². The van der Waals surface area contributed by atoms with Gasteiger partial charge in [0.1, 0.15) is 5.75 Å². The van der Waals surface area contributed by atoms with Crippen LogP contribution in [0.5, 0.6) is 5.75 Å². The Morgan fingerprint density at radius 2 is 1.89 bits per heavy atom. The minimum Gasteiger partial charge on any atom is -0.497 e. The molecule has 9 heteroatoms. The highest BCUT2D eigenvalue weighted by atomic mass is 35.5. The van der Waals surface area contributed by atoms with Crippen molar-refractivity contribution in [2.45, 2.75) is 12.5 Å². The van der Waals surface area contributed by atoms with Crippen LogP contribution in [-0.4, -0.2) is 31.6 Å². The highest BCUT2D eigenvalue weighted by molar-refractivity contribution is 6.31. The van der Waals surface area contributed by atoms with Gasteiger partial charge in [-0.15, -0.1) is 0 Å². The molecule has 0 aliphatic carbocycles. The predicted octanol–water partition coefficient (Wildman–Crippen LogP) is 2.63. The Balaban J connectivity index is 1.92. The molecule has 0 heterocycles. The number of halogens is 1. The van der Waals surface area contributed by atoms with E-state index in [1.54, 1.807) is 48.5 Å². The summed E-state index contributed by atoms with van der Waals surface area (Å²) in [5.41, 5.74) is 6.19. The Morgan fingerprint density at radius 3 is 2.57 bits per heavy atom. The fraction of sp³-hybridized carbons (Fsp3) is 0.211. The van der Waals surface area contributed by atoms with Crippen molar-refractivity contribution in [1.82, 2.24) is 5.32 Å². The summed E-state index contributed by atoms with van der Waals surface area (Å²) in [5.74, 6) is -0.631. The van der Waals surface area contributed by atoms with E-state index in [2.05, 4.69) is 10.6 Å². The molecule has 0 fully saturated rings. The second-order valence-electron chi connectivity index (χ2n) is 5.73. The molecule has 1 atom stereocenters. The summed E-state index contributed by atoms with van der Waals surface area (Å²) in [6, 6.07) is 11.9. The SMILES string of the molecule is COc1cccc(NC(=O)COC(=O)C[C@@H](NC(N)=O)c2ccccc2Cl)c1. The summed E-state index contributed by atoms with van der Waals surface area (Å²) in [6.45, 7) is -0.484. The van der Waals surface area contributed by atoms with Crippen LogP contribution in [0.4, 0.5) is 10.5 Å². The molecule has 0 spiro atoms. The van der Waals surface area contributed by atoms with E-state index in [0.717, 1.165) is 0 Å². The number of methoxy groups -OCH3 is 1. The van der Waals surface area contributed by atoms with Crippen LogP contribution in [0.1, 0.15) is 18.0 Å². The number of rotatable bonds is 8. The first-order valence-electron chi connectivity index (χ1n) is 8.29. The Bertz CT molecular complexity index is 859. The van der Waals surface area contributed by atoms with Crippen molar-refractivity contribution in [1.29, 1.82) is 0 Å². The van der Waals surface area contributed by atoms with E-state index in [1.807, 2.05) is 0 Å². The van der Waals surface area contributed by atoms with Crippen LogP contribution in [-0.2, 0) is 14.3 Å². The standard InChI is InChI=1S/C19H20ClN3O5/c1-27-13-6-4-5-12(9-13)22-17(24)11-28-18(25)10-16(23-19(21)26)14-7-2-3-8-15(14)20/h2-9,16H,10-11H2,1H3,(H,22,24)(H3,21,23,26)/t16-/m1/s1. The van der Waals surface area contributed by atoms with Gasteiger partial charge in [0.25, 0.3) is 5.91 Å². The lowest BCUT2D eigenvalue weighted by molar-refractivity contribution is -0.147. The van der Waals surface area contributed by atoms with Crippen LogP contribution in [0.15, 0.2) is 48.5 Å². The Hall–Kier alpha value is -3.26. The number of amides is 3. The Labute approximate surface area is 166 Å². The first-order chi connectivity index (χ1) is 13.4. The van der Waals surface area contributed by atoms with Crippen molar-refractivity contribution in [2.75, 3.05) is 19.0 Å². The third-order valence-electron chi connectivity index (χ3n) is 3.69. The smallest absolute Gasteiger partial charge is 0.312 e. The van der Waals surface area contributed by atoms with E-state index >= 15 is 0 Å². The van der Waals surface area contributed by atoms with E-state index in [0.29, 0.717) is 22.0 Å². The zero-order valence-electron chi connectivity index (χ0n) is 15.1. The second-order valence-corrected chi connectivity index (χ2v) is 6.13. The molecule has 8 nitrogen and oxygen atoms in total. The van der Waals surface area contributed by atoms with Crippen molar-refractivity contribution < 1.29 is 23.9 Å². The van der Waals surface area contributed by atoms with Gasteiger partial charge in [0, 0.05) is 16.8 Å². The zero-order chi connectivity index (χ0) is 20.5. The molecule has 0 saturated carbocycles. The van der Waals surface area contributed by atoms with Crippen molar-refractivity contribution in [3.05, 3.63) is 59.1 Å². The lowest BCUT2D eigenvalue weighted by atomic mass is 10.0. The number of nitrogens with one attached hydrogen (secondary N) is 2. The number of primary amides is 1. The molecule has 4 N–H and O–H groups in total. The van der Waals surface area contributed by atoms with Crippen LogP contribution in [0.25, 0.3) is 0 Å². The van der Waals surface area contributed by atoms with Gasteiger partial charge in [-0.05, 0) is 23.8 Å². The molecule has 0 aliphatic heterocycles.